The second-order valence-electron chi connectivity index (χ2n) is 6.44. The topological polar surface area (TPSA) is 36.5 Å². The van der Waals surface area contributed by atoms with Crippen LogP contribution >= 0.6 is 11.6 Å². The molecule has 1 aliphatic heterocycles. The van der Waals surface area contributed by atoms with Crippen molar-refractivity contribution in [1.82, 2.24) is 15.8 Å². The quantitative estimate of drug-likeness (QED) is 0.801. The van der Waals surface area contributed by atoms with Crippen LogP contribution in [0.25, 0.3) is 0 Å². The smallest absolute Gasteiger partial charge is 0.201 e. The highest BCUT2D eigenvalue weighted by Gasteiger charge is 2.27. The maximum atomic E-state index is 6.22. The van der Waals surface area contributed by atoms with Gasteiger partial charge in [0.25, 0.3) is 0 Å². The van der Waals surface area contributed by atoms with Gasteiger partial charge in [0.05, 0.1) is 6.04 Å². The van der Waals surface area contributed by atoms with Crippen molar-refractivity contribution in [2.75, 3.05) is 20.1 Å². The molecule has 1 saturated carbocycles. The fourth-order valence-electron chi connectivity index (χ4n) is 3.37. The van der Waals surface area contributed by atoms with E-state index in [0.717, 1.165) is 35.5 Å². The van der Waals surface area contributed by atoms with E-state index in [4.69, 9.17) is 16.3 Å². The second-order valence-corrected chi connectivity index (χ2v) is 6.85. The van der Waals surface area contributed by atoms with Crippen LogP contribution in [0.2, 0.25) is 5.02 Å². The first-order valence-corrected chi connectivity index (χ1v) is 8.90. The number of rotatable bonds is 7. The van der Waals surface area contributed by atoms with Crippen LogP contribution in [-0.2, 0) is 11.3 Å². The number of likely N-dealkylation sites (N-methyl/N-ethyl adjacent to an activating group) is 1. The zero-order chi connectivity index (χ0) is 16.1. The monoisotopic (exact) mass is 335 g/mol. The average Bonchev–Trinajstić information content (AvgIpc) is 3.18. The average molecular weight is 336 g/mol. The van der Waals surface area contributed by atoms with Gasteiger partial charge in [-0.15, -0.1) is 0 Å². The Labute approximate surface area is 143 Å². The Bertz CT molecular complexity index is 543. The molecule has 3 rings (SSSR count). The van der Waals surface area contributed by atoms with Crippen molar-refractivity contribution in [3.63, 3.8) is 0 Å². The summed E-state index contributed by atoms with van der Waals surface area (Å²) in [6, 6.07) is 8.13. The molecule has 0 amide bonds. The van der Waals surface area contributed by atoms with Gasteiger partial charge in [-0.25, -0.2) is 5.43 Å². The number of hydrogen-bond acceptors (Lipinski definition) is 4. The Balaban J connectivity index is 1.62. The summed E-state index contributed by atoms with van der Waals surface area (Å²) in [4.78, 5) is 0. The van der Waals surface area contributed by atoms with E-state index in [0.29, 0.717) is 6.61 Å². The molecule has 1 aliphatic carbocycles. The third kappa shape index (κ3) is 4.40. The van der Waals surface area contributed by atoms with Gasteiger partial charge < -0.3 is 10.1 Å². The van der Waals surface area contributed by atoms with E-state index in [1.54, 1.807) is 0 Å². The molecule has 0 radical (unpaired) electrons. The van der Waals surface area contributed by atoms with Crippen molar-refractivity contribution in [2.45, 2.75) is 38.3 Å². The van der Waals surface area contributed by atoms with Gasteiger partial charge in [0.15, 0.2) is 0 Å². The summed E-state index contributed by atoms with van der Waals surface area (Å²) < 4.78 is 6.08. The molecule has 23 heavy (non-hydrogen) atoms. The van der Waals surface area contributed by atoms with Crippen LogP contribution in [0, 0.1) is 5.92 Å². The Kier molecular flexibility index (Phi) is 5.81. The molecule has 0 bridgehead atoms. The first-order chi connectivity index (χ1) is 11.3. The van der Waals surface area contributed by atoms with E-state index < -0.39 is 0 Å². The molecular weight excluding hydrogens is 310 g/mol. The zero-order valence-electron chi connectivity index (χ0n) is 13.7. The van der Waals surface area contributed by atoms with Crippen LogP contribution in [-0.4, -0.2) is 31.2 Å². The lowest BCUT2D eigenvalue weighted by Crippen LogP contribution is -2.43. The van der Waals surface area contributed by atoms with E-state index >= 15 is 0 Å². The molecular formula is C18H26ClN3O. The predicted molar refractivity (Wildman–Crippen MR) is 93.8 cm³/mol. The number of halogens is 1. The Morgan fingerprint density at radius 1 is 1.30 bits per heavy atom. The normalized spacial score (nSPS) is 21.7. The van der Waals surface area contributed by atoms with Gasteiger partial charge in [-0.2, -0.15) is 0 Å². The third-order valence-corrected chi connectivity index (χ3v) is 4.97. The van der Waals surface area contributed by atoms with Crippen LogP contribution < -0.4 is 10.7 Å². The molecule has 0 aromatic heterocycles. The largest absolute Gasteiger partial charge is 0.473 e. The molecule has 4 nitrogen and oxygen atoms in total. The SMILES string of the molecule is CNCC1C=C(OCc2ccccc2Cl)N(CC2CCCC2)N1. The Hall–Kier alpha value is -1.23. The van der Waals surface area contributed by atoms with Crippen LogP contribution in [0.15, 0.2) is 36.2 Å². The van der Waals surface area contributed by atoms with Crippen molar-refractivity contribution in [3.8, 4) is 0 Å². The molecule has 1 fully saturated rings. The van der Waals surface area contributed by atoms with Crippen LogP contribution in [0.4, 0.5) is 0 Å². The van der Waals surface area contributed by atoms with Crippen molar-refractivity contribution >= 4 is 11.6 Å². The number of nitrogens with zero attached hydrogens (tertiary/aromatic N) is 1. The third-order valence-electron chi connectivity index (χ3n) is 4.60. The summed E-state index contributed by atoms with van der Waals surface area (Å²) in [5.41, 5.74) is 4.56. The number of ether oxygens (including phenoxy) is 1. The molecule has 1 atom stereocenters. The lowest BCUT2D eigenvalue weighted by Gasteiger charge is -2.26. The summed E-state index contributed by atoms with van der Waals surface area (Å²) in [7, 11) is 1.97. The van der Waals surface area contributed by atoms with Crippen LogP contribution in [0.3, 0.4) is 0 Å². The van der Waals surface area contributed by atoms with Crippen molar-refractivity contribution in [2.24, 2.45) is 5.92 Å². The van der Waals surface area contributed by atoms with E-state index in [2.05, 4.69) is 21.8 Å². The molecule has 0 spiro atoms. The van der Waals surface area contributed by atoms with E-state index in [-0.39, 0.29) is 6.04 Å². The number of nitrogens with one attached hydrogen (secondary N) is 2. The molecule has 1 unspecified atom stereocenters. The first kappa shape index (κ1) is 16.6. The van der Waals surface area contributed by atoms with Crippen LogP contribution in [0.5, 0.6) is 0 Å². The number of benzene rings is 1. The fraction of sp³-hybridized carbons (Fsp3) is 0.556. The highest BCUT2D eigenvalue weighted by molar-refractivity contribution is 6.31. The molecule has 5 heteroatoms. The van der Waals surface area contributed by atoms with Gasteiger partial charge in [0.2, 0.25) is 5.88 Å². The van der Waals surface area contributed by atoms with Gasteiger partial charge in [0, 0.05) is 23.7 Å². The minimum absolute atomic E-state index is 0.280. The maximum absolute atomic E-state index is 6.22. The molecule has 1 aromatic carbocycles. The van der Waals surface area contributed by atoms with Gasteiger partial charge in [0.1, 0.15) is 6.61 Å². The molecule has 2 N–H and O–H groups in total. The van der Waals surface area contributed by atoms with Gasteiger partial charge in [-0.3, -0.25) is 5.01 Å². The summed E-state index contributed by atoms with van der Waals surface area (Å²) in [5, 5.41) is 6.16. The van der Waals surface area contributed by atoms with E-state index in [9.17, 15) is 0 Å². The Morgan fingerprint density at radius 2 is 2.09 bits per heavy atom. The molecule has 0 saturated heterocycles. The summed E-state index contributed by atoms with van der Waals surface area (Å²) in [6.07, 6.45) is 7.54. The first-order valence-electron chi connectivity index (χ1n) is 8.52. The molecule has 1 aromatic rings. The highest BCUT2D eigenvalue weighted by atomic mass is 35.5. The zero-order valence-corrected chi connectivity index (χ0v) is 14.5. The lowest BCUT2D eigenvalue weighted by atomic mass is 10.1. The van der Waals surface area contributed by atoms with Gasteiger partial charge in [-0.1, -0.05) is 42.6 Å². The fourth-order valence-corrected chi connectivity index (χ4v) is 3.56. The summed E-state index contributed by atoms with van der Waals surface area (Å²) in [6.45, 7) is 2.41. The van der Waals surface area contributed by atoms with Crippen LogP contribution in [0.1, 0.15) is 31.2 Å². The van der Waals surface area contributed by atoms with E-state index in [1.165, 1.54) is 25.7 Å². The molecule has 1 heterocycles. The maximum Gasteiger partial charge on any atom is 0.201 e. The summed E-state index contributed by atoms with van der Waals surface area (Å²) in [5.74, 6) is 1.69. The van der Waals surface area contributed by atoms with Crippen molar-refractivity contribution in [3.05, 3.63) is 46.8 Å². The number of hydrazine groups is 1. The summed E-state index contributed by atoms with van der Waals surface area (Å²) >= 11 is 6.22. The van der Waals surface area contributed by atoms with Gasteiger partial charge >= 0.3 is 0 Å². The second kappa shape index (κ2) is 8.04. The highest BCUT2D eigenvalue weighted by Crippen LogP contribution is 2.28. The molecule has 2 aliphatic rings. The lowest BCUT2D eigenvalue weighted by molar-refractivity contribution is 0.0734. The Morgan fingerprint density at radius 3 is 2.83 bits per heavy atom. The van der Waals surface area contributed by atoms with E-state index in [1.807, 2.05) is 31.3 Å². The standard InChI is InChI=1S/C18H26ClN3O/c1-20-11-16-10-18(22(21-16)12-14-6-2-3-7-14)23-13-15-8-4-5-9-17(15)19/h4-5,8-10,14,16,20-21H,2-3,6-7,11-13H2,1H3. The van der Waals surface area contributed by atoms with Gasteiger partial charge in [-0.05, 0) is 37.9 Å². The predicted octanol–water partition coefficient (Wildman–Crippen LogP) is 3.30. The van der Waals surface area contributed by atoms with Crippen molar-refractivity contribution < 1.29 is 4.74 Å². The number of hydrogen-bond donors (Lipinski definition) is 2. The molecule has 126 valence electrons. The minimum atomic E-state index is 0.280. The van der Waals surface area contributed by atoms with Crippen molar-refractivity contribution in [1.29, 1.82) is 0 Å². The minimum Gasteiger partial charge on any atom is -0.473 e.